The van der Waals surface area contributed by atoms with Gasteiger partial charge in [-0.25, -0.2) is 0 Å². The molecule has 1 nitrogen and oxygen atoms in total. The van der Waals surface area contributed by atoms with Crippen LogP contribution in [0.1, 0.15) is 0 Å². The van der Waals surface area contributed by atoms with E-state index in [1.54, 1.807) is 0 Å². The van der Waals surface area contributed by atoms with Gasteiger partial charge in [-0.1, -0.05) is 30.3 Å². The molecule has 3 aromatic rings. The average Bonchev–Trinajstić information content (AvgIpc) is 2.65. The van der Waals surface area contributed by atoms with E-state index in [1.165, 1.54) is 21.7 Å². The molecule has 0 saturated heterocycles. The summed E-state index contributed by atoms with van der Waals surface area (Å²) in [5.74, 6) is 0. The standard InChI is InChI=1S/C12H9N/c1-3-9-6-7-12-11(10(9)4-1)5-2-8-13-12/h1-8,13H. The Bertz CT molecular complexity index is 563. The number of fused-ring (bicyclic) bond motifs is 3. The molecule has 13 heavy (non-hydrogen) atoms. The normalized spacial score (nSPS) is 11.1. The van der Waals surface area contributed by atoms with Crippen LogP contribution in [0.15, 0.2) is 48.7 Å². The van der Waals surface area contributed by atoms with E-state index in [9.17, 15) is 0 Å². The second-order valence-corrected chi connectivity index (χ2v) is 3.23. The summed E-state index contributed by atoms with van der Waals surface area (Å²) in [7, 11) is 0. The van der Waals surface area contributed by atoms with Gasteiger partial charge in [-0.05, 0) is 22.9 Å². The Balaban J connectivity index is 2.65. The molecule has 1 aromatic heterocycles. The first-order valence-corrected chi connectivity index (χ1v) is 4.40. The Morgan fingerprint density at radius 3 is 2.69 bits per heavy atom. The summed E-state index contributed by atoms with van der Waals surface area (Å²) < 4.78 is 0. The number of pyridine rings is 1. The minimum atomic E-state index is 1.20. The Morgan fingerprint density at radius 1 is 0.769 bits per heavy atom. The highest BCUT2D eigenvalue weighted by Crippen LogP contribution is 2.24. The molecule has 0 aliphatic heterocycles. The zero-order chi connectivity index (χ0) is 8.67. The first kappa shape index (κ1) is 6.72. The molecule has 0 fully saturated rings. The molecule has 1 heteroatoms. The van der Waals surface area contributed by atoms with E-state index >= 15 is 0 Å². The summed E-state index contributed by atoms with van der Waals surface area (Å²) in [4.78, 5) is 3.23. The fourth-order valence-electron chi connectivity index (χ4n) is 1.82. The van der Waals surface area contributed by atoms with Crippen molar-refractivity contribution in [2.24, 2.45) is 0 Å². The van der Waals surface area contributed by atoms with Crippen molar-refractivity contribution in [3.8, 4) is 0 Å². The maximum Gasteiger partial charge on any atom is 0.0459 e. The third-order valence-corrected chi connectivity index (χ3v) is 2.46. The average molecular weight is 167 g/mol. The molecule has 3 rings (SSSR count). The molecule has 0 spiro atoms. The predicted octanol–water partition coefficient (Wildman–Crippen LogP) is 3.32. The van der Waals surface area contributed by atoms with Crippen LogP contribution in [0.25, 0.3) is 21.7 Å². The fourth-order valence-corrected chi connectivity index (χ4v) is 1.82. The van der Waals surface area contributed by atoms with Gasteiger partial charge in [0.2, 0.25) is 0 Å². The number of aromatic amines is 1. The molecule has 0 unspecified atom stereocenters. The SMILES string of the molecule is c1cc2ccc3[nH]cccc3c2c1. The van der Waals surface area contributed by atoms with Crippen LogP contribution in [-0.4, -0.2) is 4.98 Å². The van der Waals surface area contributed by atoms with Gasteiger partial charge in [0.25, 0.3) is 0 Å². The van der Waals surface area contributed by atoms with Gasteiger partial charge in [-0.15, -0.1) is 0 Å². The van der Waals surface area contributed by atoms with Gasteiger partial charge < -0.3 is 4.98 Å². The lowest BCUT2D eigenvalue weighted by Gasteiger charge is -1.98. The molecule has 0 aliphatic rings. The molecular formula is C12H9N. The summed E-state index contributed by atoms with van der Waals surface area (Å²) in [5, 5.41) is 3.94. The molecule has 0 amide bonds. The maximum atomic E-state index is 3.23. The molecule has 1 N–H and O–H groups in total. The van der Waals surface area contributed by atoms with Crippen molar-refractivity contribution in [1.82, 2.24) is 4.98 Å². The van der Waals surface area contributed by atoms with Gasteiger partial charge in [-0.3, -0.25) is 0 Å². The fraction of sp³-hybridized carbons (Fsp3) is 0. The summed E-state index contributed by atoms with van der Waals surface area (Å²) in [6.45, 7) is 0. The smallest absolute Gasteiger partial charge is 0.0459 e. The maximum absolute atomic E-state index is 3.23. The topological polar surface area (TPSA) is 15.8 Å². The highest BCUT2D eigenvalue weighted by molar-refractivity contribution is 6.06. The van der Waals surface area contributed by atoms with Crippen LogP contribution in [0.2, 0.25) is 0 Å². The summed E-state index contributed by atoms with van der Waals surface area (Å²) in [5.41, 5.74) is 1.20. The lowest BCUT2D eigenvalue weighted by Crippen LogP contribution is -1.76. The van der Waals surface area contributed by atoms with E-state index in [4.69, 9.17) is 0 Å². The van der Waals surface area contributed by atoms with Crippen molar-refractivity contribution >= 4 is 21.7 Å². The first-order chi connectivity index (χ1) is 6.45. The largest absolute Gasteiger partial charge is 0.361 e. The molecule has 0 atom stereocenters. The minimum absolute atomic E-state index is 1.20. The van der Waals surface area contributed by atoms with E-state index in [-0.39, 0.29) is 0 Å². The van der Waals surface area contributed by atoms with Crippen molar-refractivity contribution in [3.63, 3.8) is 0 Å². The predicted molar refractivity (Wildman–Crippen MR) is 55.8 cm³/mol. The Morgan fingerprint density at radius 2 is 1.69 bits per heavy atom. The zero-order valence-corrected chi connectivity index (χ0v) is 7.12. The summed E-state index contributed by atoms with van der Waals surface area (Å²) in [6, 6.07) is 14.8. The van der Waals surface area contributed by atoms with Gasteiger partial charge in [0.1, 0.15) is 0 Å². The number of hydrogen-bond donors (Lipinski definition) is 1. The van der Waals surface area contributed by atoms with Crippen LogP contribution in [0, 0.1) is 0 Å². The molecule has 1 heterocycles. The van der Waals surface area contributed by atoms with Crippen LogP contribution < -0.4 is 0 Å². The van der Waals surface area contributed by atoms with Crippen LogP contribution >= 0.6 is 0 Å². The number of aromatic nitrogens is 1. The summed E-state index contributed by atoms with van der Waals surface area (Å²) >= 11 is 0. The van der Waals surface area contributed by atoms with Crippen LogP contribution in [-0.2, 0) is 0 Å². The third kappa shape index (κ3) is 0.872. The van der Waals surface area contributed by atoms with Gasteiger partial charge in [0.05, 0.1) is 0 Å². The van der Waals surface area contributed by atoms with Gasteiger partial charge in [0, 0.05) is 17.1 Å². The van der Waals surface area contributed by atoms with Crippen LogP contribution in [0.4, 0.5) is 0 Å². The minimum Gasteiger partial charge on any atom is -0.361 e. The van der Waals surface area contributed by atoms with Gasteiger partial charge >= 0.3 is 0 Å². The van der Waals surface area contributed by atoms with Gasteiger partial charge in [0.15, 0.2) is 0 Å². The number of rotatable bonds is 0. The Labute approximate surface area is 76.0 Å². The zero-order valence-electron chi connectivity index (χ0n) is 7.12. The van der Waals surface area contributed by atoms with E-state index in [2.05, 4.69) is 41.4 Å². The third-order valence-electron chi connectivity index (χ3n) is 2.46. The van der Waals surface area contributed by atoms with Crippen molar-refractivity contribution < 1.29 is 0 Å². The second-order valence-electron chi connectivity index (χ2n) is 3.23. The van der Waals surface area contributed by atoms with Crippen molar-refractivity contribution in [2.75, 3.05) is 0 Å². The quantitative estimate of drug-likeness (QED) is 0.528. The number of benzene rings is 1. The molecule has 0 saturated carbocycles. The monoisotopic (exact) mass is 167 g/mol. The van der Waals surface area contributed by atoms with E-state index in [0.717, 1.165) is 0 Å². The first-order valence-electron chi connectivity index (χ1n) is 4.40. The second kappa shape index (κ2) is 2.36. The number of H-pyrrole nitrogens is 1. The number of hydrogen-bond acceptors (Lipinski definition) is 0. The van der Waals surface area contributed by atoms with Crippen molar-refractivity contribution in [3.05, 3.63) is 48.7 Å². The van der Waals surface area contributed by atoms with E-state index < -0.39 is 0 Å². The lowest BCUT2D eigenvalue weighted by atomic mass is 10.1. The molecule has 2 aromatic carbocycles. The van der Waals surface area contributed by atoms with E-state index in [1.807, 2.05) is 12.3 Å². The molecule has 0 aliphatic carbocycles. The Kier molecular flexibility index (Phi) is 1.22. The van der Waals surface area contributed by atoms with Crippen molar-refractivity contribution in [1.29, 1.82) is 0 Å². The molecular weight excluding hydrogens is 158 g/mol. The van der Waals surface area contributed by atoms with Crippen LogP contribution in [0.5, 0.6) is 0 Å². The number of nitrogens with one attached hydrogen (secondary N) is 1. The molecule has 0 bridgehead atoms. The summed E-state index contributed by atoms with van der Waals surface area (Å²) in [6.07, 6.45) is 1.96. The highest BCUT2D eigenvalue weighted by atomic mass is 14.6. The molecule has 62 valence electrons. The van der Waals surface area contributed by atoms with Gasteiger partial charge in [-0.2, -0.15) is 0 Å². The highest BCUT2D eigenvalue weighted by Gasteiger charge is 1.98. The lowest BCUT2D eigenvalue weighted by molar-refractivity contribution is 1.42. The van der Waals surface area contributed by atoms with Crippen LogP contribution in [0.3, 0.4) is 0 Å². The van der Waals surface area contributed by atoms with Crippen molar-refractivity contribution in [2.45, 2.75) is 0 Å². The Hall–Kier alpha value is -1.76. The van der Waals surface area contributed by atoms with E-state index in [0.29, 0.717) is 0 Å². The molecule has 0 radical (unpaired) electrons.